The first-order valence-electron chi connectivity index (χ1n) is 6.60. The Balaban J connectivity index is 2.11. The Bertz CT molecular complexity index is 495. The highest BCUT2D eigenvalue weighted by atomic mass is 32.1. The maximum atomic E-state index is 5.74. The van der Waals surface area contributed by atoms with Crippen molar-refractivity contribution in [3.63, 3.8) is 0 Å². The molecule has 1 aromatic heterocycles. The van der Waals surface area contributed by atoms with Crippen LogP contribution in [0.15, 0.2) is 35.7 Å². The molecular weight excluding hydrogens is 254 g/mol. The lowest BCUT2D eigenvalue weighted by molar-refractivity contribution is 0.204. The number of hydrogen-bond acceptors (Lipinski definition) is 4. The van der Waals surface area contributed by atoms with Crippen molar-refractivity contribution in [2.24, 2.45) is 5.73 Å². The minimum atomic E-state index is 0.300. The van der Waals surface area contributed by atoms with E-state index in [1.165, 1.54) is 5.56 Å². The Morgan fingerprint density at radius 3 is 2.63 bits per heavy atom. The van der Waals surface area contributed by atoms with Gasteiger partial charge in [0.05, 0.1) is 16.7 Å². The fraction of sp³-hybridized carbons (Fsp3) is 0.400. The molecule has 1 heterocycles. The third-order valence-corrected chi connectivity index (χ3v) is 4.05. The standard InChI is InChI=1S/C15H21N3S/c1-12(15-11-19-13(2)17-15)18(9-8-16)10-14-6-4-3-5-7-14/h3-7,11-12H,8-10,16H2,1-2H3. The van der Waals surface area contributed by atoms with Gasteiger partial charge in [-0.05, 0) is 19.4 Å². The van der Waals surface area contributed by atoms with E-state index in [-0.39, 0.29) is 0 Å². The topological polar surface area (TPSA) is 42.2 Å². The Labute approximate surface area is 119 Å². The van der Waals surface area contributed by atoms with E-state index in [1.54, 1.807) is 11.3 Å². The van der Waals surface area contributed by atoms with Gasteiger partial charge in [-0.1, -0.05) is 30.3 Å². The van der Waals surface area contributed by atoms with Crippen molar-refractivity contribution in [3.8, 4) is 0 Å². The monoisotopic (exact) mass is 275 g/mol. The van der Waals surface area contributed by atoms with Crippen LogP contribution >= 0.6 is 11.3 Å². The van der Waals surface area contributed by atoms with Gasteiger partial charge in [-0.2, -0.15) is 0 Å². The molecule has 3 nitrogen and oxygen atoms in total. The average molecular weight is 275 g/mol. The van der Waals surface area contributed by atoms with Crippen LogP contribution < -0.4 is 5.73 Å². The molecule has 1 unspecified atom stereocenters. The molecule has 0 saturated carbocycles. The summed E-state index contributed by atoms with van der Waals surface area (Å²) in [5.74, 6) is 0. The molecule has 0 fully saturated rings. The molecule has 0 amide bonds. The minimum Gasteiger partial charge on any atom is -0.329 e. The minimum absolute atomic E-state index is 0.300. The summed E-state index contributed by atoms with van der Waals surface area (Å²) in [5.41, 5.74) is 8.20. The molecular formula is C15H21N3S. The second kappa shape index (κ2) is 6.80. The molecule has 2 rings (SSSR count). The zero-order valence-electron chi connectivity index (χ0n) is 11.5. The number of benzene rings is 1. The molecule has 0 radical (unpaired) electrons. The summed E-state index contributed by atoms with van der Waals surface area (Å²) in [4.78, 5) is 6.97. The van der Waals surface area contributed by atoms with Crippen LogP contribution in [0, 0.1) is 6.92 Å². The van der Waals surface area contributed by atoms with Gasteiger partial charge in [0, 0.05) is 25.0 Å². The summed E-state index contributed by atoms with van der Waals surface area (Å²) in [6.07, 6.45) is 0. The summed E-state index contributed by atoms with van der Waals surface area (Å²) >= 11 is 1.71. The molecule has 0 aliphatic heterocycles. The number of hydrogen-bond donors (Lipinski definition) is 1. The Hall–Kier alpha value is -1.23. The number of aryl methyl sites for hydroxylation is 1. The Morgan fingerprint density at radius 2 is 2.05 bits per heavy atom. The number of nitrogens with two attached hydrogens (primary N) is 1. The van der Waals surface area contributed by atoms with E-state index in [4.69, 9.17) is 5.73 Å². The summed E-state index contributed by atoms with van der Waals surface area (Å²) in [5, 5.41) is 3.27. The van der Waals surface area contributed by atoms with Crippen LogP contribution in [0.25, 0.3) is 0 Å². The zero-order valence-corrected chi connectivity index (χ0v) is 12.4. The van der Waals surface area contributed by atoms with E-state index < -0.39 is 0 Å². The van der Waals surface area contributed by atoms with Crippen molar-refractivity contribution in [2.45, 2.75) is 26.4 Å². The fourth-order valence-corrected chi connectivity index (χ4v) is 2.85. The van der Waals surface area contributed by atoms with Crippen molar-refractivity contribution in [2.75, 3.05) is 13.1 Å². The van der Waals surface area contributed by atoms with Crippen LogP contribution in [-0.2, 0) is 6.54 Å². The van der Waals surface area contributed by atoms with Crippen molar-refractivity contribution in [3.05, 3.63) is 52.0 Å². The Kier molecular flexibility index (Phi) is 5.07. The second-order valence-corrected chi connectivity index (χ2v) is 5.77. The molecule has 102 valence electrons. The van der Waals surface area contributed by atoms with Gasteiger partial charge in [-0.15, -0.1) is 11.3 Å². The molecule has 4 heteroatoms. The average Bonchev–Trinajstić information content (AvgIpc) is 2.85. The van der Waals surface area contributed by atoms with E-state index >= 15 is 0 Å². The third kappa shape index (κ3) is 3.86. The molecule has 2 aromatic rings. The molecule has 0 saturated heterocycles. The first-order chi connectivity index (χ1) is 9.20. The van der Waals surface area contributed by atoms with Crippen LogP contribution in [0.3, 0.4) is 0 Å². The largest absolute Gasteiger partial charge is 0.329 e. The molecule has 0 spiro atoms. The first-order valence-corrected chi connectivity index (χ1v) is 7.48. The normalized spacial score (nSPS) is 12.8. The third-order valence-electron chi connectivity index (χ3n) is 3.26. The fourth-order valence-electron chi connectivity index (χ4n) is 2.15. The highest BCUT2D eigenvalue weighted by Crippen LogP contribution is 2.23. The van der Waals surface area contributed by atoms with Gasteiger partial charge in [-0.3, -0.25) is 4.90 Å². The predicted octanol–water partition coefficient (Wildman–Crippen LogP) is 2.97. The van der Waals surface area contributed by atoms with Crippen LogP contribution in [0.2, 0.25) is 0 Å². The molecule has 0 aliphatic carbocycles. The molecule has 1 aromatic carbocycles. The van der Waals surface area contributed by atoms with Crippen LogP contribution in [0.1, 0.15) is 29.2 Å². The van der Waals surface area contributed by atoms with Crippen LogP contribution in [0.5, 0.6) is 0 Å². The quantitative estimate of drug-likeness (QED) is 0.881. The summed E-state index contributed by atoms with van der Waals surface area (Å²) in [6, 6.07) is 10.8. The molecule has 1 atom stereocenters. The maximum absolute atomic E-state index is 5.74. The molecule has 0 aliphatic rings. The van der Waals surface area contributed by atoms with E-state index in [2.05, 4.69) is 46.5 Å². The van der Waals surface area contributed by atoms with Crippen molar-refractivity contribution in [1.82, 2.24) is 9.88 Å². The summed E-state index contributed by atoms with van der Waals surface area (Å²) in [6.45, 7) is 6.71. The van der Waals surface area contributed by atoms with Crippen molar-refractivity contribution >= 4 is 11.3 Å². The lowest BCUT2D eigenvalue weighted by Crippen LogP contribution is -2.31. The molecule has 0 bridgehead atoms. The van der Waals surface area contributed by atoms with Crippen molar-refractivity contribution < 1.29 is 0 Å². The summed E-state index contributed by atoms with van der Waals surface area (Å²) in [7, 11) is 0. The smallest absolute Gasteiger partial charge is 0.0898 e. The van der Waals surface area contributed by atoms with Gasteiger partial charge in [0.2, 0.25) is 0 Å². The lowest BCUT2D eigenvalue weighted by Gasteiger charge is -2.27. The lowest BCUT2D eigenvalue weighted by atomic mass is 10.1. The Morgan fingerprint density at radius 1 is 1.32 bits per heavy atom. The second-order valence-electron chi connectivity index (χ2n) is 4.71. The van der Waals surface area contributed by atoms with E-state index in [9.17, 15) is 0 Å². The number of aromatic nitrogens is 1. The maximum Gasteiger partial charge on any atom is 0.0898 e. The SMILES string of the molecule is Cc1nc(C(C)N(CCN)Cc2ccccc2)cs1. The van der Waals surface area contributed by atoms with Gasteiger partial charge < -0.3 is 5.73 Å². The first kappa shape index (κ1) is 14.2. The van der Waals surface area contributed by atoms with Gasteiger partial charge in [0.1, 0.15) is 0 Å². The highest BCUT2D eigenvalue weighted by molar-refractivity contribution is 7.09. The van der Waals surface area contributed by atoms with E-state index in [1.807, 2.05) is 13.0 Å². The van der Waals surface area contributed by atoms with E-state index in [0.717, 1.165) is 23.8 Å². The predicted molar refractivity (Wildman–Crippen MR) is 81.2 cm³/mol. The van der Waals surface area contributed by atoms with Crippen LogP contribution in [0.4, 0.5) is 0 Å². The van der Waals surface area contributed by atoms with Gasteiger partial charge >= 0.3 is 0 Å². The van der Waals surface area contributed by atoms with Crippen molar-refractivity contribution in [1.29, 1.82) is 0 Å². The molecule has 2 N–H and O–H groups in total. The zero-order chi connectivity index (χ0) is 13.7. The molecule has 19 heavy (non-hydrogen) atoms. The summed E-state index contributed by atoms with van der Waals surface area (Å²) < 4.78 is 0. The van der Waals surface area contributed by atoms with E-state index in [0.29, 0.717) is 12.6 Å². The number of rotatable bonds is 6. The van der Waals surface area contributed by atoms with Gasteiger partial charge in [-0.25, -0.2) is 4.98 Å². The number of nitrogens with zero attached hydrogens (tertiary/aromatic N) is 2. The van der Waals surface area contributed by atoms with Gasteiger partial charge in [0.25, 0.3) is 0 Å². The van der Waals surface area contributed by atoms with Gasteiger partial charge in [0.15, 0.2) is 0 Å². The highest BCUT2D eigenvalue weighted by Gasteiger charge is 2.17. The van der Waals surface area contributed by atoms with Crippen LogP contribution in [-0.4, -0.2) is 23.0 Å². The number of thiazole rings is 1.